The van der Waals surface area contributed by atoms with Crippen LogP contribution < -0.4 is 5.32 Å². The number of nitrogens with zero attached hydrogens (tertiary/aromatic N) is 5. The van der Waals surface area contributed by atoms with Crippen LogP contribution in [-0.2, 0) is 11.8 Å². The molecule has 38 heavy (non-hydrogen) atoms. The molecule has 4 aromatic rings. The molecule has 194 valence electrons. The van der Waals surface area contributed by atoms with Gasteiger partial charge in [0.15, 0.2) is 0 Å². The minimum absolute atomic E-state index is 0.0169. The Hall–Kier alpha value is -4.49. The lowest BCUT2D eigenvalue weighted by Crippen LogP contribution is -2.40. The number of rotatable bonds is 8. The van der Waals surface area contributed by atoms with Crippen molar-refractivity contribution < 1.29 is 18.0 Å². The molecule has 2 aromatic heterocycles. The van der Waals surface area contributed by atoms with E-state index in [-0.39, 0.29) is 16.9 Å². The molecular weight excluding hydrogens is 493 g/mol. The van der Waals surface area contributed by atoms with E-state index in [1.807, 2.05) is 12.3 Å². The van der Waals surface area contributed by atoms with E-state index >= 15 is 0 Å². The number of aromatic nitrogens is 3. The molecule has 0 spiro atoms. The summed E-state index contributed by atoms with van der Waals surface area (Å²) in [7, 11) is 3.29. The number of anilines is 1. The van der Waals surface area contributed by atoms with Gasteiger partial charge in [-0.15, -0.1) is 0 Å². The monoisotopic (exact) mass is 518 g/mol. The van der Waals surface area contributed by atoms with Gasteiger partial charge in [0.2, 0.25) is 5.91 Å². The summed E-state index contributed by atoms with van der Waals surface area (Å²) in [5, 5.41) is 15.9. The molecule has 0 fully saturated rings. The van der Waals surface area contributed by atoms with Crippen LogP contribution in [0, 0.1) is 11.3 Å². The molecule has 10 heteroatoms. The van der Waals surface area contributed by atoms with Gasteiger partial charge in [0.25, 0.3) is 0 Å². The highest BCUT2D eigenvalue weighted by Gasteiger charge is 2.42. The highest BCUT2D eigenvalue weighted by Crippen LogP contribution is 2.37. The molecular formula is C28H25F3N6O. The first-order valence-electron chi connectivity index (χ1n) is 11.7. The lowest BCUT2D eigenvalue weighted by molar-refractivity contribution is -0.156. The molecule has 0 aliphatic carbocycles. The third-order valence-corrected chi connectivity index (χ3v) is 6.17. The van der Waals surface area contributed by atoms with E-state index in [9.17, 15) is 18.0 Å². The van der Waals surface area contributed by atoms with Gasteiger partial charge in [-0.3, -0.25) is 14.4 Å². The molecule has 0 aliphatic rings. The lowest BCUT2D eigenvalue weighted by atomic mass is 9.95. The topological polar surface area (TPSA) is 86.8 Å². The number of pyridine rings is 1. The van der Waals surface area contributed by atoms with Crippen LogP contribution in [-0.4, -0.2) is 45.3 Å². The van der Waals surface area contributed by atoms with Crippen molar-refractivity contribution in [1.29, 1.82) is 5.26 Å². The number of likely N-dealkylation sites (N-methyl/N-ethyl adjacent to an activating group) is 1. The standard InChI is InChI=1S/C28H25F3N6O/c1-36(18-24(28(29,30)31)20-10-8-19(14-32)9-11-20)26(21-6-4-3-5-7-21)27(38)35-25-13-12-22(15-33-25)23-16-34-37(2)17-23/h3-13,15-17,24,26H,18H2,1-2H3,(H,33,35,38). The zero-order chi connectivity index (χ0) is 27.3. The van der Waals surface area contributed by atoms with E-state index < -0.39 is 30.6 Å². The number of carbonyl (C=O) groups is 1. The van der Waals surface area contributed by atoms with Crippen LogP contribution in [0.3, 0.4) is 0 Å². The van der Waals surface area contributed by atoms with Gasteiger partial charge in [-0.2, -0.15) is 23.5 Å². The minimum atomic E-state index is -4.57. The zero-order valence-electron chi connectivity index (χ0n) is 20.7. The number of aryl methyl sites for hydroxylation is 1. The Kier molecular flexibility index (Phi) is 7.88. The molecule has 2 aromatic carbocycles. The van der Waals surface area contributed by atoms with Crippen LogP contribution in [0.25, 0.3) is 11.1 Å². The van der Waals surface area contributed by atoms with Gasteiger partial charge in [-0.1, -0.05) is 42.5 Å². The van der Waals surface area contributed by atoms with E-state index in [4.69, 9.17) is 5.26 Å². The molecule has 2 unspecified atom stereocenters. The number of amides is 1. The summed E-state index contributed by atoms with van der Waals surface area (Å²) in [6, 6.07) is 18.3. The molecule has 0 aliphatic heterocycles. The van der Waals surface area contributed by atoms with Crippen LogP contribution in [0.15, 0.2) is 85.3 Å². The summed E-state index contributed by atoms with van der Waals surface area (Å²) < 4.78 is 44.1. The van der Waals surface area contributed by atoms with Crippen molar-refractivity contribution in [1.82, 2.24) is 19.7 Å². The van der Waals surface area contributed by atoms with Gasteiger partial charge in [-0.25, -0.2) is 4.98 Å². The summed E-state index contributed by atoms with van der Waals surface area (Å²) in [6.07, 6.45) is 0.559. The van der Waals surface area contributed by atoms with Crippen LogP contribution >= 0.6 is 0 Å². The molecule has 2 atom stereocenters. The van der Waals surface area contributed by atoms with Gasteiger partial charge in [0.1, 0.15) is 11.9 Å². The highest BCUT2D eigenvalue weighted by atomic mass is 19.4. The third-order valence-electron chi connectivity index (χ3n) is 6.17. The second-order valence-corrected chi connectivity index (χ2v) is 8.90. The number of hydrogen-bond acceptors (Lipinski definition) is 5. The molecule has 0 saturated carbocycles. The fourth-order valence-corrected chi connectivity index (χ4v) is 4.23. The molecule has 1 N–H and O–H groups in total. The SMILES string of the molecule is CN(CC(c1ccc(C#N)cc1)C(F)(F)F)C(C(=O)Nc1ccc(-c2cnn(C)c2)cn1)c1ccccc1. The summed E-state index contributed by atoms with van der Waals surface area (Å²) in [5.41, 5.74) is 2.50. The van der Waals surface area contributed by atoms with Crippen LogP contribution in [0.4, 0.5) is 19.0 Å². The first-order chi connectivity index (χ1) is 18.2. The summed E-state index contributed by atoms with van der Waals surface area (Å²) in [4.78, 5) is 19.1. The molecule has 4 rings (SSSR count). The van der Waals surface area contributed by atoms with Gasteiger partial charge in [0.05, 0.1) is 23.7 Å². The zero-order valence-corrected chi connectivity index (χ0v) is 20.7. The van der Waals surface area contributed by atoms with E-state index in [1.165, 1.54) is 36.2 Å². The van der Waals surface area contributed by atoms with Gasteiger partial charge in [0, 0.05) is 37.1 Å². The van der Waals surface area contributed by atoms with Crippen LogP contribution in [0.1, 0.15) is 28.7 Å². The fraction of sp³-hybridized carbons (Fsp3) is 0.214. The lowest BCUT2D eigenvalue weighted by Gasteiger charge is -2.32. The smallest absolute Gasteiger partial charge is 0.309 e. The average molecular weight is 519 g/mol. The normalized spacial score (nSPS) is 13.1. The highest BCUT2D eigenvalue weighted by molar-refractivity contribution is 5.95. The van der Waals surface area contributed by atoms with Crippen molar-refractivity contribution in [3.8, 4) is 17.2 Å². The van der Waals surface area contributed by atoms with Gasteiger partial charge < -0.3 is 5.32 Å². The van der Waals surface area contributed by atoms with E-state index in [1.54, 1.807) is 66.6 Å². The number of nitriles is 1. The van der Waals surface area contributed by atoms with E-state index in [0.29, 0.717) is 5.56 Å². The Bertz CT molecular complexity index is 1410. The number of nitrogens with one attached hydrogen (secondary N) is 1. The predicted molar refractivity (Wildman–Crippen MR) is 137 cm³/mol. The van der Waals surface area contributed by atoms with Crippen molar-refractivity contribution in [3.63, 3.8) is 0 Å². The summed E-state index contributed by atoms with van der Waals surface area (Å²) in [5.74, 6) is -2.10. The maximum Gasteiger partial charge on any atom is 0.396 e. The second kappa shape index (κ2) is 11.3. The molecule has 0 radical (unpaired) electrons. The maximum absolute atomic E-state index is 14.1. The Morgan fingerprint density at radius 2 is 1.74 bits per heavy atom. The predicted octanol–water partition coefficient (Wildman–Crippen LogP) is 5.31. The number of benzene rings is 2. The third kappa shape index (κ3) is 6.25. The quantitative estimate of drug-likeness (QED) is 0.342. The maximum atomic E-state index is 14.1. The Balaban J connectivity index is 1.58. The molecule has 0 saturated heterocycles. The first-order valence-corrected chi connectivity index (χ1v) is 11.7. The summed E-state index contributed by atoms with van der Waals surface area (Å²) >= 11 is 0. The Morgan fingerprint density at radius 3 is 2.29 bits per heavy atom. The molecule has 0 bridgehead atoms. The van der Waals surface area contributed by atoms with Crippen molar-refractivity contribution in [2.45, 2.75) is 18.1 Å². The van der Waals surface area contributed by atoms with Crippen molar-refractivity contribution in [2.24, 2.45) is 7.05 Å². The Morgan fingerprint density at radius 1 is 1.03 bits per heavy atom. The van der Waals surface area contributed by atoms with E-state index in [0.717, 1.165) is 11.1 Å². The van der Waals surface area contributed by atoms with Crippen LogP contribution in [0.2, 0.25) is 0 Å². The first kappa shape index (κ1) is 26.6. The number of halogens is 3. The number of carbonyl (C=O) groups excluding carboxylic acids is 1. The Labute approximate surface area is 218 Å². The second-order valence-electron chi connectivity index (χ2n) is 8.90. The fourth-order valence-electron chi connectivity index (χ4n) is 4.23. The number of hydrogen-bond donors (Lipinski definition) is 1. The van der Waals surface area contributed by atoms with Crippen molar-refractivity contribution >= 4 is 11.7 Å². The van der Waals surface area contributed by atoms with Crippen LogP contribution in [0.5, 0.6) is 0 Å². The van der Waals surface area contributed by atoms with Crippen molar-refractivity contribution in [3.05, 3.63) is 102 Å². The molecule has 7 nitrogen and oxygen atoms in total. The average Bonchev–Trinajstić information content (AvgIpc) is 3.34. The minimum Gasteiger partial charge on any atom is -0.309 e. The molecule has 1 amide bonds. The van der Waals surface area contributed by atoms with Gasteiger partial charge in [-0.05, 0) is 42.4 Å². The van der Waals surface area contributed by atoms with Gasteiger partial charge >= 0.3 is 6.18 Å². The largest absolute Gasteiger partial charge is 0.396 e. The van der Waals surface area contributed by atoms with Crippen molar-refractivity contribution in [2.75, 3.05) is 18.9 Å². The summed E-state index contributed by atoms with van der Waals surface area (Å²) in [6.45, 7) is -0.476. The molecule has 2 heterocycles. The van der Waals surface area contributed by atoms with E-state index in [2.05, 4.69) is 15.4 Å². The number of alkyl halides is 3.